The molecule has 4 N–H and O–H groups in total. The van der Waals surface area contributed by atoms with Gasteiger partial charge in [-0.1, -0.05) is 30.2 Å². The van der Waals surface area contributed by atoms with Crippen LogP contribution < -0.4 is 0 Å². The summed E-state index contributed by atoms with van der Waals surface area (Å²) < 4.78 is 56.8. The maximum Gasteiger partial charge on any atom is 0.188 e. The molecule has 1 aromatic carbocycles. The zero-order chi connectivity index (χ0) is 20.7. The number of nitrogens with zero attached hydrogens (tertiary/aromatic N) is 1. The van der Waals surface area contributed by atoms with E-state index in [-0.39, 0.29) is 0 Å². The molecule has 0 aromatic heterocycles. The maximum absolute atomic E-state index is 9.99. The highest BCUT2D eigenvalue weighted by atomic mass is 16.7. The van der Waals surface area contributed by atoms with E-state index >= 15 is 0 Å². The van der Waals surface area contributed by atoms with E-state index < -0.39 is 79.2 Å². The molecule has 7 nitrogen and oxygen atoms in total. The van der Waals surface area contributed by atoms with Gasteiger partial charge in [0.2, 0.25) is 0 Å². The van der Waals surface area contributed by atoms with Crippen molar-refractivity contribution in [1.29, 1.82) is 5.26 Å². The van der Waals surface area contributed by atoms with Gasteiger partial charge in [-0.05, 0) is 5.56 Å². The number of ether oxygens (including phenoxy) is 2. The topological polar surface area (TPSA) is 123 Å². The van der Waals surface area contributed by atoms with Crippen molar-refractivity contribution in [2.75, 3.05) is 6.61 Å². The molecule has 6 atom stereocenters. The summed E-state index contributed by atoms with van der Waals surface area (Å²) in [5.74, 6) is 0. The van der Waals surface area contributed by atoms with Crippen molar-refractivity contribution in [1.82, 2.24) is 0 Å². The van der Waals surface area contributed by atoms with E-state index in [0.717, 1.165) is 0 Å². The van der Waals surface area contributed by atoms with Crippen LogP contribution in [0.2, 0.25) is 0 Å². The van der Waals surface area contributed by atoms with Gasteiger partial charge >= 0.3 is 0 Å². The highest BCUT2D eigenvalue weighted by Crippen LogP contribution is 2.27. The zero-order valence-electron chi connectivity index (χ0n) is 16.6. The van der Waals surface area contributed by atoms with Gasteiger partial charge in [-0.2, -0.15) is 5.26 Å². The molecular weight excluding hydrogens is 278 g/mol. The average Bonchev–Trinajstić information content (AvgIpc) is 2.65. The molecule has 1 fully saturated rings. The smallest absolute Gasteiger partial charge is 0.188 e. The molecule has 21 heavy (non-hydrogen) atoms. The number of aliphatic hydroxyl groups is 4. The van der Waals surface area contributed by atoms with Gasteiger partial charge in [-0.25, -0.2) is 0 Å². The monoisotopic (exact) mass is 301 g/mol. The molecular formula is C14H17NO6. The third kappa shape index (κ3) is 3.39. The van der Waals surface area contributed by atoms with Crippen LogP contribution in [-0.4, -0.2) is 57.7 Å². The van der Waals surface area contributed by atoms with Crippen molar-refractivity contribution in [2.24, 2.45) is 0 Å². The van der Waals surface area contributed by atoms with Crippen LogP contribution in [0.4, 0.5) is 0 Å². The summed E-state index contributed by atoms with van der Waals surface area (Å²) in [6.45, 7) is -0.781. The van der Waals surface area contributed by atoms with Gasteiger partial charge in [0.05, 0.1) is 20.9 Å². The van der Waals surface area contributed by atoms with E-state index in [1.807, 2.05) is 0 Å². The first-order chi connectivity index (χ1) is 12.5. The van der Waals surface area contributed by atoms with Gasteiger partial charge in [-0.15, -0.1) is 0 Å². The SMILES string of the molecule is [2H]c1c([2H])c([2H])c(C([2H])(C#N)OC2O[C@H](CO)[C@@H](O)[C@H](O)[C@H]2O)c([2H])c1[2H]. The van der Waals surface area contributed by atoms with Crippen LogP contribution in [0.3, 0.4) is 0 Å². The summed E-state index contributed by atoms with van der Waals surface area (Å²) in [6.07, 6.45) is -11.7. The van der Waals surface area contributed by atoms with Crippen LogP contribution in [0, 0.1) is 11.3 Å². The molecule has 1 saturated heterocycles. The van der Waals surface area contributed by atoms with Crippen molar-refractivity contribution in [3.8, 4) is 6.07 Å². The third-order valence-corrected chi connectivity index (χ3v) is 2.91. The van der Waals surface area contributed by atoms with Crippen LogP contribution in [-0.2, 0) is 9.47 Å². The molecule has 1 aromatic rings. The Labute approximate surface area is 130 Å². The lowest BCUT2D eigenvalue weighted by Gasteiger charge is -2.40. The van der Waals surface area contributed by atoms with Crippen molar-refractivity contribution in [3.63, 3.8) is 0 Å². The van der Waals surface area contributed by atoms with Crippen molar-refractivity contribution in [2.45, 2.75) is 36.8 Å². The third-order valence-electron chi connectivity index (χ3n) is 2.91. The lowest BCUT2D eigenvalue weighted by molar-refractivity contribution is -0.307. The second-order valence-corrected chi connectivity index (χ2v) is 4.26. The van der Waals surface area contributed by atoms with Crippen molar-refractivity contribution in [3.05, 3.63) is 35.8 Å². The molecule has 1 aliphatic rings. The standard InChI is InChI=1S/C14H17NO6/c15-6-9(8-4-2-1-3-5-8)20-14-13(19)12(18)11(17)10(7-16)21-14/h1-5,9-14,16-19H,7H2/t9?,10-,11-,12+,13-,14?/m1/s1/i1D,2D,3D,4D,5D,9D. The fourth-order valence-corrected chi connectivity index (χ4v) is 1.79. The van der Waals surface area contributed by atoms with Gasteiger partial charge in [0.15, 0.2) is 12.4 Å². The van der Waals surface area contributed by atoms with Crippen LogP contribution in [0.5, 0.6) is 0 Å². The molecule has 0 saturated carbocycles. The fourth-order valence-electron chi connectivity index (χ4n) is 1.79. The molecule has 7 heteroatoms. The van der Waals surface area contributed by atoms with Gasteiger partial charge in [-0.3, -0.25) is 0 Å². The Morgan fingerprint density at radius 2 is 1.95 bits per heavy atom. The molecule has 0 spiro atoms. The summed E-state index contributed by atoms with van der Waals surface area (Å²) >= 11 is 0. The molecule has 1 aliphatic heterocycles. The number of rotatable bonds is 4. The molecule has 0 radical (unpaired) electrons. The Bertz CT molecular complexity index is 744. The van der Waals surface area contributed by atoms with Crippen molar-refractivity contribution < 1.29 is 38.1 Å². The molecule has 0 bridgehead atoms. The Kier molecular flexibility index (Phi) is 3.14. The van der Waals surface area contributed by atoms with E-state index in [2.05, 4.69) is 0 Å². The molecule has 0 aliphatic carbocycles. The minimum absolute atomic E-state index is 0.734. The first-order valence-electron chi connectivity index (χ1n) is 8.97. The largest absolute Gasteiger partial charge is 0.394 e. The van der Waals surface area contributed by atoms with Crippen molar-refractivity contribution >= 4 is 0 Å². The fraction of sp³-hybridized carbons (Fsp3) is 0.500. The quantitative estimate of drug-likeness (QED) is 0.566. The Morgan fingerprint density at radius 1 is 1.29 bits per heavy atom. The Balaban J connectivity index is 2.49. The summed E-state index contributed by atoms with van der Waals surface area (Å²) in [4.78, 5) is 0. The number of hydrogen-bond acceptors (Lipinski definition) is 7. The Morgan fingerprint density at radius 3 is 2.52 bits per heavy atom. The molecule has 1 heterocycles. The second-order valence-electron chi connectivity index (χ2n) is 4.26. The molecule has 2 rings (SSSR count). The first kappa shape index (κ1) is 9.48. The normalized spacial score (nSPS) is 39.7. The van der Waals surface area contributed by atoms with E-state index in [4.69, 9.17) is 17.7 Å². The summed E-state index contributed by atoms with van der Waals surface area (Å²) in [5.41, 5.74) is -0.812. The van der Waals surface area contributed by atoms with Gasteiger partial charge in [0.1, 0.15) is 24.4 Å². The first-order valence-corrected chi connectivity index (χ1v) is 5.97. The van der Waals surface area contributed by atoms with E-state index in [1.165, 1.54) is 6.07 Å². The second kappa shape index (κ2) is 6.95. The van der Waals surface area contributed by atoms with Crippen LogP contribution >= 0.6 is 0 Å². The van der Waals surface area contributed by atoms with Gasteiger partial charge < -0.3 is 29.9 Å². The molecule has 114 valence electrons. The minimum Gasteiger partial charge on any atom is -0.394 e. The highest BCUT2D eigenvalue weighted by Gasteiger charge is 2.44. The van der Waals surface area contributed by atoms with Gasteiger partial charge in [0.25, 0.3) is 0 Å². The predicted octanol–water partition coefficient (Wildman–Crippen LogP) is -0.932. The molecule has 0 amide bonds. The van der Waals surface area contributed by atoms with Crippen LogP contribution in [0.25, 0.3) is 0 Å². The van der Waals surface area contributed by atoms with Gasteiger partial charge in [0, 0.05) is 0 Å². The maximum atomic E-state index is 9.99. The summed E-state index contributed by atoms with van der Waals surface area (Å²) in [7, 11) is 0. The summed E-state index contributed by atoms with van der Waals surface area (Å²) in [6, 6.07) is -2.69. The summed E-state index contributed by atoms with van der Waals surface area (Å²) in [5, 5.41) is 48.1. The van der Waals surface area contributed by atoms with E-state index in [0.29, 0.717) is 0 Å². The highest BCUT2D eigenvalue weighted by molar-refractivity contribution is 5.22. The van der Waals surface area contributed by atoms with Crippen LogP contribution in [0.1, 0.15) is 19.9 Å². The number of benzene rings is 1. The zero-order valence-corrected chi connectivity index (χ0v) is 10.6. The van der Waals surface area contributed by atoms with E-state index in [1.54, 1.807) is 0 Å². The molecule has 2 unspecified atom stereocenters. The van der Waals surface area contributed by atoms with Crippen LogP contribution in [0.15, 0.2) is 30.2 Å². The lowest BCUT2D eigenvalue weighted by atomic mass is 9.99. The Hall–Kier alpha value is -1.53. The number of aliphatic hydroxyl groups excluding tert-OH is 4. The number of nitriles is 1. The average molecular weight is 301 g/mol. The minimum atomic E-state index is -2.92. The lowest BCUT2D eigenvalue weighted by Crippen LogP contribution is -2.59. The number of hydrogen-bond donors (Lipinski definition) is 4. The predicted molar refractivity (Wildman–Crippen MR) is 69.6 cm³/mol. The van der Waals surface area contributed by atoms with E-state index in [9.17, 15) is 25.7 Å².